The van der Waals surface area contributed by atoms with Crippen molar-refractivity contribution in [2.75, 3.05) is 33.9 Å². The van der Waals surface area contributed by atoms with E-state index in [2.05, 4.69) is 15.5 Å². The van der Waals surface area contributed by atoms with E-state index in [1.165, 1.54) is 24.5 Å². The molecule has 1 aromatic heterocycles. The lowest BCUT2D eigenvalue weighted by molar-refractivity contribution is 0.199. The molecule has 1 aromatic carbocycles. The van der Waals surface area contributed by atoms with Crippen LogP contribution in [0.1, 0.15) is 5.01 Å². The summed E-state index contributed by atoms with van der Waals surface area (Å²) in [6.45, 7) is 2.33. The van der Waals surface area contributed by atoms with Crippen LogP contribution in [-0.2, 0) is 11.2 Å². The standard InChI is InChI=1S/C14H18FN3O2S/c1-19-8-7-16-6-5-13-17-18-14(21-13)10-3-4-11(15)12(9-10)20-2/h3-4,9,16H,5-8H2,1-2H3. The van der Waals surface area contributed by atoms with Crippen LogP contribution >= 0.6 is 11.3 Å². The molecule has 5 nitrogen and oxygen atoms in total. The number of methoxy groups -OCH3 is 2. The van der Waals surface area contributed by atoms with E-state index in [1.54, 1.807) is 19.2 Å². The van der Waals surface area contributed by atoms with Gasteiger partial charge in [0.2, 0.25) is 0 Å². The van der Waals surface area contributed by atoms with Crippen LogP contribution in [-0.4, -0.2) is 44.1 Å². The third kappa shape index (κ3) is 4.45. The first-order valence-corrected chi connectivity index (χ1v) is 7.42. The number of nitrogens with one attached hydrogen (secondary N) is 1. The number of benzene rings is 1. The van der Waals surface area contributed by atoms with Crippen LogP contribution in [0.25, 0.3) is 10.6 Å². The second kappa shape index (κ2) is 8.02. The Balaban J connectivity index is 1.96. The van der Waals surface area contributed by atoms with Gasteiger partial charge in [0.05, 0.1) is 13.7 Å². The Morgan fingerprint density at radius 2 is 2.10 bits per heavy atom. The van der Waals surface area contributed by atoms with Crippen LogP contribution in [0, 0.1) is 5.82 Å². The summed E-state index contributed by atoms with van der Waals surface area (Å²) in [5.74, 6) is -0.168. The molecule has 0 bridgehead atoms. The molecule has 0 spiro atoms. The lowest BCUT2D eigenvalue weighted by Gasteiger charge is -2.02. The number of halogens is 1. The van der Waals surface area contributed by atoms with Crippen molar-refractivity contribution in [3.05, 3.63) is 29.0 Å². The lowest BCUT2D eigenvalue weighted by atomic mass is 10.2. The van der Waals surface area contributed by atoms with E-state index in [4.69, 9.17) is 9.47 Å². The number of nitrogens with zero attached hydrogens (tertiary/aromatic N) is 2. The number of ether oxygens (including phenoxy) is 2. The smallest absolute Gasteiger partial charge is 0.165 e. The predicted octanol–water partition coefficient (Wildman–Crippen LogP) is 2.13. The minimum atomic E-state index is -0.381. The SMILES string of the molecule is COCCNCCc1nnc(-c2ccc(F)c(OC)c2)s1. The van der Waals surface area contributed by atoms with E-state index in [-0.39, 0.29) is 11.6 Å². The zero-order valence-corrected chi connectivity index (χ0v) is 12.9. The van der Waals surface area contributed by atoms with Gasteiger partial charge in [-0.3, -0.25) is 0 Å². The maximum absolute atomic E-state index is 13.4. The van der Waals surface area contributed by atoms with Crippen LogP contribution in [0.3, 0.4) is 0 Å². The molecule has 2 aromatic rings. The quantitative estimate of drug-likeness (QED) is 0.757. The fourth-order valence-corrected chi connectivity index (χ4v) is 2.59. The number of aromatic nitrogens is 2. The van der Waals surface area contributed by atoms with Crippen molar-refractivity contribution in [3.63, 3.8) is 0 Å². The predicted molar refractivity (Wildman–Crippen MR) is 80.3 cm³/mol. The highest BCUT2D eigenvalue weighted by Crippen LogP contribution is 2.28. The van der Waals surface area contributed by atoms with Crippen molar-refractivity contribution < 1.29 is 13.9 Å². The number of rotatable bonds is 8. The topological polar surface area (TPSA) is 56.3 Å². The summed E-state index contributed by atoms with van der Waals surface area (Å²) in [6, 6.07) is 4.69. The van der Waals surface area contributed by atoms with Gasteiger partial charge in [0.1, 0.15) is 10.0 Å². The lowest BCUT2D eigenvalue weighted by Crippen LogP contribution is -2.21. The fraction of sp³-hybridized carbons (Fsp3) is 0.429. The molecule has 0 atom stereocenters. The molecule has 114 valence electrons. The third-order valence-corrected chi connectivity index (χ3v) is 3.90. The Morgan fingerprint density at radius 1 is 1.24 bits per heavy atom. The van der Waals surface area contributed by atoms with Gasteiger partial charge in [-0.1, -0.05) is 11.3 Å². The molecule has 0 fully saturated rings. The summed E-state index contributed by atoms with van der Waals surface area (Å²) in [7, 11) is 3.12. The number of hydrogen-bond donors (Lipinski definition) is 1. The summed E-state index contributed by atoms with van der Waals surface area (Å²) in [4.78, 5) is 0. The van der Waals surface area contributed by atoms with Crippen LogP contribution in [0.15, 0.2) is 18.2 Å². The van der Waals surface area contributed by atoms with E-state index in [0.29, 0.717) is 6.61 Å². The maximum Gasteiger partial charge on any atom is 0.165 e. The maximum atomic E-state index is 13.4. The Hall–Kier alpha value is -1.57. The normalized spacial score (nSPS) is 10.8. The summed E-state index contributed by atoms with van der Waals surface area (Å²) in [5, 5.41) is 13.3. The highest BCUT2D eigenvalue weighted by Gasteiger charge is 2.10. The molecule has 7 heteroatoms. The van der Waals surface area contributed by atoms with E-state index in [1.807, 2.05) is 0 Å². The Kier molecular flexibility index (Phi) is 6.04. The van der Waals surface area contributed by atoms with E-state index < -0.39 is 0 Å². The first-order valence-electron chi connectivity index (χ1n) is 6.60. The Morgan fingerprint density at radius 3 is 2.86 bits per heavy atom. The Bertz CT molecular complexity index is 577. The molecule has 1 heterocycles. The average molecular weight is 311 g/mol. The van der Waals surface area contributed by atoms with Gasteiger partial charge in [-0.25, -0.2) is 4.39 Å². The van der Waals surface area contributed by atoms with Crippen molar-refractivity contribution in [1.82, 2.24) is 15.5 Å². The van der Waals surface area contributed by atoms with E-state index in [9.17, 15) is 4.39 Å². The van der Waals surface area contributed by atoms with Gasteiger partial charge in [0.15, 0.2) is 11.6 Å². The second-order valence-electron chi connectivity index (χ2n) is 4.34. The van der Waals surface area contributed by atoms with Crippen molar-refractivity contribution in [2.24, 2.45) is 0 Å². The largest absolute Gasteiger partial charge is 0.494 e. The molecule has 1 N–H and O–H groups in total. The molecule has 2 rings (SSSR count). The summed E-state index contributed by atoms with van der Waals surface area (Å²) >= 11 is 1.50. The van der Waals surface area contributed by atoms with Gasteiger partial charge in [-0.15, -0.1) is 10.2 Å². The monoisotopic (exact) mass is 311 g/mol. The summed E-state index contributed by atoms with van der Waals surface area (Å²) < 4.78 is 23.3. The summed E-state index contributed by atoms with van der Waals surface area (Å²) in [5.41, 5.74) is 0.810. The third-order valence-electron chi connectivity index (χ3n) is 2.86. The van der Waals surface area contributed by atoms with Gasteiger partial charge in [0, 0.05) is 32.2 Å². The second-order valence-corrected chi connectivity index (χ2v) is 5.41. The van der Waals surface area contributed by atoms with Crippen LogP contribution in [0.4, 0.5) is 4.39 Å². The van der Waals surface area contributed by atoms with Crippen molar-refractivity contribution in [2.45, 2.75) is 6.42 Å². The summed E-state index contributed by atoms with van der Waals surface area (Å²) in [6.07, 6.45) is 0.805. The molecular formula is C14H18FN3O2S. The van der Waals surface area contributed by atoms with Gasteiger partial charge in [-0.2, -0.15) is 0 Å². The number of hydrogen-bond acceptors (Lipinski definition) is 6. The Labute approximate surface area is 127 Å². The van der Waals surface area contributed by atoms with Crippen LogP contribution < -0.4 is 10.1 Å². The first kappa shape index (κ1) is 15.8. The molecule has 0 radical (unpaired) electrons. The first-order chi connectivity index (χ1) is 10.2. The van der Waals surface area contributed by atoms with Crippen molar-refractivity contribution in [1.29, 1.82) is 0 Å². The minimum absolute atomic E-state index is 0.213. The van der Waals surface area contributed by atoms with E-state index in [0.717, 1.165) is 35.1 Å². The van der Waals surface area contributed by atoms with Gasteiger partial charge in [-0.05, 0) is 18.2 Å². The van der Waals surface area contributed by atoms with Crippen molar-refractivity contribution >= 4 is 11.3 Å². The van der Waals surface area contributed by atoms with Gasteiger partial charge in [0.25, 0.3) is 0 Å². The van der Waals surface area contributed by atoms with Gasteiger partial charge < -0.3 is 14.8 Å². The van der Waals surface area contributed by atoms with Gasteiger partial charge >= 0.3 is 0 Å². The molecular weight excluding hydrogens is 293 g/mol. The molecule has 0 unspecified atom stereocenters. The van der Waals surface area contributed by atoms with Crippen LogP contribution in [0.5, 0.6) is 5.75 Å². The highest BCUT2D eigenvalue weighted by molar-refractivity contribution is 7.14. The zero-order chi connectivity index (χ0) is 15.1. The van der Waals surface area contributed by atoms with E-state index >= 15 is 0 Å². The molecule has 21 heavy (non-hydrogen) atoms. The minimum Gasteiger partial charge on any atom is -0.494 e. The zero-order valence-electron chi connectivity index (χ0n) is 12.1. The molecule has 0 aliphatic carbocycles. The highest BCUT2D eigenvalue weighted by atomic mass is 32.1. The molecule has 0 saturated heterocycles. The average Bonchev–Trinajstić information content (AvgIpc) is 2.96. The molecule has 0 saturated carbocycles. The van der Waals surface area contributed by atoms with Crippen LogP contribution in [0.2, 0.25) is 0 Å². The molecule has 0 amide bonds. The molecule has 0 aliphatic heterocycles. The van der Waals surface area contributed by atoms with Crippen molar-refractivity contribution in [3.8, 4) is 16.3 Å². The molecule has 0 aliphatic rings. The fourth-order valence-electron chi connectivity index (χ4n) is 1.76.